The second-order valence-corrected chi connectivity index (χ2v) is 6.83. The molecule has 1 aliphatic rings. The van der Waals surface area contributed by atoms with Gasteiger partial charge in [-0.25, -0.2) is 0 Å². The molecule has 132 valence electrons. The molecule has 0 aliphatic carbocycles. The van der Waals surface area contributed by atoms with E-state index < -0.39 is 0 Å². The van der Waals surface area contributed by atoms with Crippen molar-refractivity contribution in [3.63, 3.8) is 0 Å². The summed E-state index contributed by atoms with van der Waals surface area (Å²) >= 11 is 5.87. The van der Waals surface area contributed by atoms with Crippen LogP contribution in [0.4, 0.5) is 11.4 Å². The minimum atomic E-state index is 0.213. The number of halogens is 1. The molecule has 1 amide bonds. The minimum absolute atomic E-state index is 0.213. The first-order valence-electron chi connectivity index (χ1n) is 8.71. The van der Waals surface area contributed by atoms with E-state index in [1.165, 1.54) is 11.3 Å². The van der Waals surface area contributed by atoms with E-state index in [1.54, 1.807) is 0 Å². The minimum Gasteiger partial charge on any atom is -0.385 e. The van der Waals surface area contributed by atoms with Crippen LogP contribution in [0, 0.1) is 6.92 Å². The van der Waals surface area contributed by atoms with E-state index in [4.69, 9.17) is 11.6 Å². The standard InChI is InChI=1S/C20H24ClN3O/c1-16-3-2-4-19(15-16)23-11-13-24(14-12-23)20(25)9-10-22-18-7-5-17(21)6-8-18/h2-8,15,22H,9-14H2,1H3. The van der Waals surface area contributed by atoms with Crippen LogP contribution in [-0.2, 0) is 4.79 Å². The number of nitrogens with zero attached hydrogens (tertiary/aromatic N) is 2. The van der Waals surface area contributed by atoms with E-state index >= 15 is 0 Å². The molecule has 25 heavy (non-hydrogen) atoms. The average molecular weight is 358 g/mol. The lowest BCUT2D eigenvalue weighted by Gasteiger charge is -2.36. The first kappa shape index (κ1) is 17.6. The van der Waals surface area contributed by atoms with Gasteiger partial charge in [0.15, 0.2) is 0 Å². The number of amides is 1. The van der Waals surface area contributed by atoms with Crippen LogP contribution >= 0.6 is 11.6 Å². The van der Waals surface area contributed by atoms with Crippen molar-refractivity contribution in [3.05, 3.63) is 59.1 Å². The fraction of sp³-hybridized carbons (Fsp3) is 0.350. The number of rotatable bonds is 5. The molecule has 3 rings (SSSR count). The van der Waals surface area contributed by atoms with Crippen LogP contribution in [0.1, 0.15) is 12.0 Å². The van der Waals surface area contributed by atoms with Crippen LogP contribution in [0.25, 0.3) is 0 Å². The van der Waals surface area contributed by atoms with Gasteiger partial charge in [0, 0.05) is 55.5 Å². The molecule has 0 saturated carbocycles. The topological polar surface area (TPSA) is 35.6 Å². The second kappa shape index (κ2) is 8.26. The molecule has 2 aromatic rings. The summed E-state index contributed by atoms with van der Waals surface area (Å²) in [6.45, 7) is 6.09. The molecule has 0 atom stereocenters. The maximum absolute atomic E-state index is 12.4. The number of carbonyl (C=O) groups is 1. The first-order valence-corrected chi connectivity index (χ1v) is 9.08. The predicted octanol–water partition coefficient (Wildman–Crippen LogP) is 3.80. The quantitative estimate of drug-likeness (QED) is 0.884. The van der Waals surface area contributed by atoms with E-state index in [-0.39, 0.29) is 5.91 Å². The molecule has 0 radical (unpaired) electrons. The molecule has 1 aliphatic heterocycles. The summed E-state index contributed by atoms with van der Waals surface area (Å²) in [5, 5.41) is 3.98. The van der Waals surface area contributed by atoms with Crippen molar-refractivity contribution in [1.82, 2.24) is 4.90 Å². The molecular formula is C20H24ClN3O. The highest BCUT2D eigenvalue weighted by atomic mass is 35.5. The number of nitrogens with one attached hydrogen (secondary N) is 1. The smallest absolute Gasteiger partial charge is 0.224 e. The summed E-state index contributed by atoms with van der Waals surface area (Å²) in [4.78, 5) is 16.7. The number of anilines is 2. The van der Waals surface area contributed by atoms with Gasteiger partial charge in [-0.15, -0.1) is 0 Å². The highest BCUT2D eigenvalue weighted by molar-refractivity contribution is 6.30. The van der Waals surface area contributed by atoms with Gasteiger partial charge in [0.1, 0.15) is 0 Å². The van der Waals surface area contributed by atoms with Crippen molar-refractivity contribution in [2.75, 3.05) is 42.9 Å². The van der Waals surface area contributed by atoms with Gasteiger partial charge in [-0.2, -0.15) is 0 Å². The molecule has 0 aromatic heterocycles. The molecule has 1 fully saturated rings. The highest BCUT2D eigenvalue weighted by Crippen LogP contribution is 2.18. The lowest BCUT2D eigenvalue weighted by molar-refractivity contribution is -0.131. The van der Waals surface area contributed by atoms with Crippen molar-refractivity contribution in [2.45, 2.75) is 13.3 Å². The molecule has 1 N–H and O–H groups in total. The van der Waals surface area contributed by atoms with Crippen LogP contribution in [0.5, 0.6) is 0 Å². The van der Waals surface area contributed by atoms with Crippen molar-refractivity contribution >= 4 is 28.9 Å². The maximum atomic E-state index is 12.4. The van der Waals surface area contributed by atoms with Crippen molar-refractivity contribution in [3.8, 4) is 0 Å². The number of hydrogen-bond acceptors (Lipinski definition) is 3. The Kier molecular flexibility index (Phi) is 5.82. The molecule has 2 aromatic carbocycles. The Balaban J connectivity index is 1.43. The first-order chi connectivity index (χ1) is 12.1. The van der Waals surface area contributed by atoms with Gasteiger partial charge in [-0.1, -0.05) is 23.7 Å². The summed E-state index contributed by atoms with van der Waals surface area (Å²) in [5.41, 5.74) is 3.50. The largest absolute Gasteiger partial charge is 0.385 e. The third-order valence-electron chi connectivity index (χ3n) is 4.51. The lowest BCUT2D eigenvalue weighted by atomic mass is 10.2. The SMILES string of the molecule is Cc1cccc(N2CCN(C(=O)CCNc3ccc(Cl)cc3)CC2)c1. The zero-order valence-corrected chi connectivity index (χ0v) is 15.3. The third-order valence-corrected chi connectivity index (χ3v) is 4.76. The van der Waals surface area contributed by atoms with Crippen LogP contribution in [0.2, 0.25) is 5.02 Å². The fourth-order valence-corrected chi connectivity index (χ4v) is 3.20. The number of carbonyl (C=O) groups excluding carboxylic acids is 1. The van der Waals surface area contributed by atoms with Gasteiger partial charge < -0.3 is 15.1 Å². The number of aryl methyl sites for hydroxylation is 1. The zero-order chi connectivity index (χ0) is 17.6. The summed E-state index contributed by atoms with van der Waals surface area (Å²) in [7, 11) is 0. The average Bonchev–Trinajstić information content (AvgIpc) is 2.63. The summed E-state index contributed by atoms with van der Waals surface area (Å²) in [6, 6.07) is 16.1. The van der Waals surface area contributed by atoms with Gasteiger partial charge >= 0.3 is 0 Å². The molecular weight excluding hydrogens is 334 g/mol. The normalized spacial score (nSPS) is 14.5. The Morgan fingerprint density at radius 1 is 1.08 bits per heavy atom. The number of piperazine rings is 1. The fourth-order valence-electron chi connectivity index (χ4n) is 3.08. The molecule has 5 heteroatoms. The summed E-state index contributed by atoms with van der Waals surface area (Å²) in [5.74, 6) is 0.213. The van der Waals surface area contributed by atoms with Crippen molar-refractivity contribution in [2.24, 2.45) is 0 Å². The maximum Gasteiger partial charge on any atom is 0.224 e. The van der Waals surface area contributed by atoms with Gasteiger partial charge in [0.25, 0.3) is 0 Å². The van der Waals surface area contributed by atoms with Gasteiger partial charge in [0.2, 0.25) is 5.91 Å². The molecule has 1 heterocycles. The summed E-state index contributed by atoms with van der Waals surface area (Å²) < 4.78 is 0. The van der Waals surface area contributed by atoms with Crippen LogP contribution in [0.15, 0.2) is 48.5 Å². The molecule has 4 nitrogen and oxygen atoms in total. The number of hydrogen-bond donors (Lipinski definition) is 1. The van der Waals surface area contributed by atoms with E-state index in [9.17, 15) is 4.79 Å². The van der Waals surface area contributed by atoms with E-state index in [0.29, 0.717) is 18.0 Å². The Hall–Kier alpha value is -2.20. The van der Waals surface area contributed by atoms with E-state index in [0.717, 1.165) is 31.9 Å². The number of benzene rings is 2. The second-order valence-electron chi connectivity index (χ2n) is 6.39. The Labute approximate surface area is 154 Å². The van der Waals surface area contributed by atoms with E-state index in [2.05, 4.69) is 41.4 Å². The van der Waals surface area contributed by atoms with E-state index in [1.807, 2.05) is 29.2 Å². The lowest BCUT2D eigenvalue weighted by Crippen LogP contribution is -2.49. The Morgan fingerprint density at radius 3 is 2.48 bits per heavy atom. The summed E-state index contributed by atoms with van der Waals surface area (Å²) in [6.07, 6.45) is 0.507. The van der Waals surface area contributed by atoms with Crippen molar-refractivity contribution < 1.29 is 4.79 Å². The van der Waals surface area contributed by atoms with Crippen LogP contribution < -0.4 is 10.2 Å². The van der Waals surface area contributed by atoms with Crippen molar-refractivity contribution in [1.29, 1.82) is 0 Å². The third kappa shape index (κ3) is 4.89. The molecule has 0 bridgehead atoms. The molecule has 0 spiro atoms. The monoisotopic (exact) mass is 357 g/mol. The zero-order valence-electron chi connectivity index (χ0n) is 14.5. The van der Waals surface area contributed by atoms with Crippen LogP contribution in [0.3, 0.4) is 0 Å². The Morgan fingerprint density at radius 2 is 1.80 bits per heavy atom. The molecule has 0 unspecified atom stereocenters. The van der Waals surface area contributed by atoms with Gasteiger partial charge in [0.05, 0.1) is 0 Å². The van der Waals surface area contributed by atoms with Gasteiger partial charge in [-0.05, 0) is 48.9 Å². The van der Waals surface area contributed by atoms with Crippen LogP contribution in [-0.4, -0.2) is 43.5 Å². The molecule has 1 saturated heterocycles. The highest BCUT2D eigenvalue weighted by Gasteiger charge is 2.20. The predicted molar refractivity (Wildman–Crippen MR) is 105 cm³/mol. The Bertz CT molecular complexity index is 709. The van der Waals surface area contributed by atoms with Gasteiger partial charge in [-0.3, -0.25) is 4.79 Å².